The van der Waals surface area contributed by atoms with Crippen molar-refractivity contribution in [2.24, 2.45) is 0 Å². The molecule has 3 aromatic rings. The van der Waals surface area contributed by atoms with E-state index in [4.69, 9.17) is 8.83 Å². The van der Waals surface area contributed by atoms with Crippen LogP contribution in [0.2, 0.25) is 0 Å². The molecule has 0 spiro atoms. The Hall–Kier alpha value is -2.03. The normalized spacial score (nSPS) is 11.5. The SMILES string of the molecule is Cc1oc2ccc3oc(=O)cc(C)c3c2c1C. The Morgan fingerprint density at radius 3 is 2.29 bits per heavy atom. The van der Waals surface area contributed by atoms with Gasteiger partial charge in [-0.2, -0.15) is 0 Å². The largest absolute Gasteiger partial charge is 0.461 e. The molecule has 0 aliphatic rings. The molecule has 2 heterocycles. The van der Waals surface area contributed by atoms with E-state index in [2.05, 4.69) is 0 Å². The summed E-state index contributed by atoms with van der Waals surface area (Å²) in [6, 6.07) is 5.15. The molecule has 3 heteroatoms. The summed E-state index contributed by atoms with van der Waals surface area (Å²) in [6.45, 7) is 5.88. The molecule has 86 valence electrons. The Morgan fingerprint density at radius 1 is 0.941 bits per heavy atom. The monoisotopic (exact) mass is 228 g/mol. The summed E-state index contributed by atoms with van der Waals surface area (Å²) in [5.74, 6) is 0.901. The van der Waals surface area contributed by atoms with Crippen molar-refractivity contribution >= 4 is 21.9 Å². The van der Waals surface area contributed by atoms with Crippen LogP contribution < -0.4 is 5.63 Å². The number of rotatable bonds is 0. The lowest BCUT2D eigenvalue weighted by atomic mass is 10.0. The molecule has 0 saturated carbocycles. The van der Waals surface area contributed by atoms with Crippen molar-refractivity contribution in [1.82, 2.24) is 0 Å². The zero-order chi connectivity index (χ0) is 12.2. The zero-order valence-corrected chi connectivity index (χ0v) is 9.96. The quantitative estimate of drug-likeness (QED) is 0.553. The van der Waals surface area contributed by atoms with Crippen molar-refractivity contribution in [2.45, 2.75) is 20.8 Å². The van der Waals surface area contributed by atoms with Gasteiger partial charge in [-0.05, 0) is 44.0 Å². The van der Waals surface area contributed by atoms with E-state index in [1.165, 1.54) is 6.07 Å². The number of hydrogen-bond donors (Lipinski definition) is 0. The van der Waals surface area contributed by atoms with Crippen molar-refractivity contribution in [3.63, 3.8) is 0 Å². The van der Waals surface area contributed by atoms with Crippen LogP contribution in [0.4, 0.5) is 0 Å². The zero-order valence-electron chi connectivity index (χ0n) is 9.96. The molecule has 0 fully saturated rings. The number of furan rings is 1. The minimum absolute atomic E-state index is 0.313. The predicted octanol–water partition coefficient (Wildman–Crippen LogP) is 3.46. The summed E-state index contributed by atoms with van der Waals surface area (Å²) in [5.41, 5.74) is 3.16. The Balaban J connectivity index is 2.68. The van der Waals surface area contributed by atoms with Gasteiger partial charge in [0.1, 0.15) is 16.9 Å². The lowest BCUT2D eigenvalue weighted by molar-refractivity contribution is 0.558. The van der Waals surface area contributed by atoms with Gasteiger partial charge in [-0.25, -0.2) is 4.79 Å². The highest BCUT2D eigenvalue weighted by Crippen LogP contribution is 2.32. The van der Waals surface area contributed by atoms with E-state index in [1.54, 1.807) is 6.07 Å². The van der Waals surface area contributed by atoms with Gasteiger partial charge < -0.3 is 8.83 Å². The molecule has 0 N–H and O–H groups in total. The minimum Gasteiger partial charge on any atom is -0.461 e. The van der Waals surface area contributed by atoms with Gasteiger partial charge in [-0.15, -0.1) is 0 Å². The molecular weight excluding hydrogens is 216 g/mol. The summed E-state index contributed by atoms with van der Waals surface area (Å²) < 4.78 is 10.9. The summed E-state index contributed by atoms with van der Waals surface area (Å²) >= 11 is 0. The third-order valence-corrected chi connectivity index (χ3v) is 3.23. The van der Waals surface area contributed by atoms with Crippen LogP contribution in [0, 0.1) is 20.8 Å². The highest BCUT2D eigenvalue weighted by atomic mass is 16.4. The Bertz CT molecular complexity index is 790. The third-order valence-electron chi connectivity index (χ3n) is 3.23. The van der Waals surface area contributed by atoms with Crippen molar-refractivity contribution in [3.8, 4) is 0 Å². The number of benzene rings is 1. The standard InChI is InChI=1S/C14H12O3/c1-7-6-12(15)17-10-4-5-11-14(13(7)10)8(2)9(3)16-11/h4-6H,1-3H3. The topological polar surface area (TPSA) is 43.4 Å². The molecular formula is C14H12O3. The van der Waals surface area contributed by atoms with Gasteiger partial charge in [0.25, 0.3) is 0 Å². The molecule has 3 rings (SSSR count). The first-order chi connectivity index (χ1) is 8.08. The van der Waals surface area contributed by atoms with Gasteiger partial charge >= 0.3 is 5.63 Å². The van der Waals surface area contributed by atoms with Gasteiger partial charge in [0.2, 0.25) is 0 Å². The van der Waals surface area contributed by atoms with Gasteiger partial charge in [0.05, 0.1) is 0 Å². The van der Waals surface area contributed by atoms with Crippen LogP contribution in [0.1, 0.15) is 16.9 Å². The molecule has 0 bridgehead atoms. The molecule has 0 unspecified atom stereocenters. The van der Waals surface area contributed by atoms with Crippen LogP contribution >= 0.6 is 0 Å². The molecule has 0 radical (unpaired) electrons. The average molecular weight is 228 g/mol. The fourth-order valence-corrected chi connectivity index (χ4v) is 2.30. The molecule has 0 saturated heterocycles. The van der Waals surface area contributed by atoms with E-state index in [1.807, 2.05) is 26.8 Å². The smallest absolute Gasteiger partial charge is 0.336 e. The van der Waals surface area contributed by atoms with Crippen LogP contribution in [0.15, 0.2) is 31.8 Å². The molecule has 0 aliphatic heterocycles. The highest BCUT2D eigenvalue weighted by Gasteiger charge is 2.13. The Morgan fingerprint density at radius 2 is 1.59 bits per heavy atom. The van der Waals surface area contributed by atoms with Crippen LogP contribution in [-0.4, -0.2) is 0 Å². The predicted molar refractivity (Wildman–Crippen MR) is 66.5 cm³/mol. The maximum absolute atomic E-state index is 11.3. The summed E-state index contributed by atoms with van der Waals surface area (Å²) in [6.07, 6.45) is 0. The van der Waals surface area contributed by atoms with Crippen molar-refractivity contribution in [3.05, 3.63) is 45.5 Å². The molecule has 0 amide bonds. The molecule has 1 aromatic carbocycles. The Labute approximate surface area is 97.7 Å². The fraction of sp³-hybridized carbons (Fsp3) is 0.214. The van der Waals surface area contributed by atoms with Crippen LogP contribution in [-0.2, 0) is 0 Å². The minimum atomic E-state index is -0.313. The maximum atomic E-state index is 11.3. The highest BCUT2D eigenvalue weighted by molar-refractivity contribution is 6.07. The first kappa shape index (κ1) is 10.1. The second kappa shape index (κ2) is 3.23. The molecule has 3 nitrogen and oxygen atoms in total. The second-order valence-corrected chi connectivity index (χ2v) is 4.34. The van der Waals surface area contributed by atoms with Crippen molar-refractivity contribution in [1.29, 1.82) is 0 Å². The second-order valence-electron chi connectivity index (χ2n) is 4.34. The summed E-state index contributed by atoms with van der Waals surface area (Å²) in [4.78, 5) is 11.3. The van der Waals surface area contributed by atoms with Gasteiger partial charge in [0, 0.05) is 16.8 Å². The van der Waals surface area contributed by atoms with Crippen LogP contribution in [0.5, 0.6) is 0 Å². The maximum Gasteiger partial charge on any atom is 0.336 e. The average Bonchev–Trinajstić information content (AvgIpc) is 2.55. The van der Waals surface area contributed by atoms with Gasteiger partial charge in [0.15, 0.2) is 0 Å². The van der Waals surface area contributed by atoms with Crippen molar-refractivity contribution < 1.29 is 8.83 Å². The van der Waals surface area contributed by atoms with E-state index >= 15 is 0 Å². The molecule has 0 aliphatic carbocycles. The van der Waals surface area contributed by atoms with E-state index in [-0.39, 0.29) is 5.63 Å². The first-order valence-electron chi connectivity index (χ1n) is 5.51. The van der Waals surface area contributed by atoms with E-state index < -0.39 is 0 Å². The third kappa shape index (κ3) is 1.32. The molecule has 0 atom stereocenters. The van der Waals surface area contributed by atoms with Gasteiger partial charge in [-0.3, -0.25) is 0 Å². The number of fused-ring (bicyclic) bond motifs is 3. The van der Waals surface area contributed by atoms with E-state index in [9.17, 15) is 4.79 Å². The summed E-state index contributed by atoms with van der Waals surface area (Å²) in [5, 5.41) is 2.01. The summed E-state index contributed by atoms with van der Waals surface area (Å²) in [7, 11) is 0. The molecule has 2 aromatic heterocycles. The lowest BCUT2D eigenvalue weighted by Gasteiger charge is -2.01. The first-order valence-corrected chi connectivity index (χ1v) is 5.51. The van der Waals surface area contributed by atoms with Crippen molar-refractivity contribution in [2.75, 3.05) is 0 Å². The van der Waals surface area contributed by atoms with Gasteiger partial charge in [-0.1, -0.05) is 0 Å². The number of aryl methyl sites for hydroxylation is 3. The van der Waals surface area contributed by atoms with Crippen LogP contribution in [0.25, 0.3) is 21.9 Å². The number of hydrogen-bond acceptors (Lipinski definition) is 3. The lowest BCUT2D eigenvalue weighted by Crippen LogP contribution is -1.97. The van der Waals surface area contributed by atoms with E-state index in [0.29, 0.717) is 5.58 Å². The van der Waals surface area contributed by atoms with Crippen LogP contribution in [0.3, 0.4) is 0 Å². The fourth-order valence-electron chi connectivity index (χ4n) is 2.30. The molecule has 17 heavy (non-hydrogen) atoms. The van der Waals surface area contributed by atoms with E-state index in [0.717, 1.165) is 33.2 Å². The Kier molecular flexibility index (Phi) is 1.93.